The third-order valence-corrected chi connectivity index (χ3v) is 6.00. The minimum atomic E-state index is -0.179. The summed E-state index contributed by atoms with van der Waals surface area (Å²) in [6.45, 7) is 5.16. The van der Waals surface area contributed by atoms with E-state index in [-0.39, 0.29) is 11.5 Å². The minimum absolute atomic E-state index is 0.179. The van der Waals surface area contributed by atoms with E-state index >= 15 is 0 Å². The first kappa shape index (κ1) is 20.4. The Kier molecular flexibility index (Phi) is 6.39. The van der Waals surface area contributed by atoms with E-state index in [0.29, 0.717) is 12.3 Å². The van der Waals surface area contributed by atoms with Crippen LogP contribution in [0.1, 0.15) is 55.8 Å². The van der Waals surface area contributed by atoms with Crippen LogP contribution in [0.25, 0.3) is 0 Å². The average molecular weight is 378 g/mol. The van der Waals surface area contributed by atoms with E-state index in [1.54, 1.807) is 7.11 Å². The second-order valence-electron chi connectivity index (χ2n) is 8.45. The Balaban J connectivity index is 1.93. The number of piperidine rings is 1. The normalized spacial score (nSPS) is 20.5. The summed E-state index contributed by atoms with van der Waals surface area (Å²) in [7, 11) is 1.73. The number of hydrogen-bond donors (Lipinski definition) is 1. The molecule has 0 bridgehead atoms. The molecule has 1 aliphatic rings. The van der Waals surface area contributed by atoms with E-state index in [0.717, 1.165) is 31.6 Å². The fourth-order valence-corrected chi connectivity index (χ4v) is 4.37. The summed E-state index contributed by atoms with van der Waals surface area (Å²) in [5.41, 5.74) is 3.48. The van der Waals surface area contributed by atoms with Crippen LogP contribution in [-0.2, 0) is 11.8 Å². The van der Waals surface area contributed by atoms with Gasteiger partial charge in [0.15, 0.2) is 0 Å². The van der Waals surface area contributed by atoms with Gasteiger partial charge < -0.3 is 4.74 Å². The molecule has 0 saturated carbocycles. The fourth-order valence-electron chi connectivity index (χ4n) is 4.37. The van der Waals surface area contributed by atoms with E-state index in [4.69, 9.17) is 10.6 Å². The van der Waals surface area contributed by atoms with E-state index in [9.17, 15) is 5.26 Å². The number of nitrogens with zero attached hydrogens (tertiary/aromatic N) is 2. The Morgan fingerprint density at radius 2 is 1.96 bits per heavy atom. The van der Waals surface area contributed by atoms with Crippen LogP contribution < -0.4 is 10.6 Å². The monoisotopic (exact) mass is 377 g/mol. The number of ether oxygens (including phenoxy) is 1. The van der Waals surface area contributed by atoms with Gasteiger partial charge in [-0.1, -0.05) is 56.3 Å². The Morgan fingerprint density at radius 3 is 2.64 bits per heavy atom. The van der Waals surface area contributed by atoms with Gasteiger partial charge in [-0.3, -0.25) is 5.84 Å². The first-order valence-corrected chi connectivity index (χ1v) is 10.1. The molecule has 0 unspecified atom stereocenters. The zero-order chi connectivity index (χ0) is 20.1. The van der Waals surface area contributed by atoms with Crippen LogP contribution in [-0.4, -0.2) is 18.7 Å². The third-order valence-electron chi connectivity index (χ3n) is 6.00. The van der Waals surface area contributed by atoms with Crippen molar-refractivity contribution in [3.63, 3.8) is 0 Å². The molecule has 0 spiro atoms. The molecule has 0 amide bonds. The summed E-state index contributed by atoms with van der Waals surface area (Å²) in [4.78, 5) is 0. The second-order valence-corrected chi connectivity index (χ2v) is 8.45. The van der Waals surface area contributed by atoms with Gasteiger partial charge in [-0.25, -0.2) is 5.01 Å². The molecule has 1 saturated heterocycles. The number of nitriles is 1. The highest BCUT2D eigenvalue weighted by atomic mass is 16.5. The number of nitrogens with two attached hydrogens (primary N) is 1. The van der Waals surface area contributed by atoms with Crippen molar-refractivity contribution in [3.8, 4) is 11.8 Å². The van der Waals surface area contributed by atoms with Gasteiger partial charge in [0.05, 0.1) is 19.2 Å². The van der Waals surface area contributed by atoms with E-state index < -0.39 is 0 Å². The lowest BCUT2D eigenvalue weighted by molar-refractivity contribution is 0.0922. The maximum Gasteiger partial charge on any atom is 0.122 e. The van der Waals surface area contributed by atoms with Crippen molar-refractivity contribution in [3.05, 3.63) is 65.2 Å². The second kappa shape index (κ2) is 8.77. The molecule has 0 aromatic heterocycles. The van der Waals surface area contributed by atoms with Crippen molar-refractivity contribution in [1.82, 2.24) is 5.01 Å². The lowest BCUT2D eigenvalue weighted by Gasteiger charge is -2.39. The van der Waals surface area contributed by atoms with E-state index in [1.165, 1.54) is 16.7 Å². The quantitative estimate of drug-likeness (QED) is 0.738. The molecule has 1 aliphatic heterocycles. The van der Waals surface area contributed by atoms with Gasteiger partial charge in [-0.15, -0.1) is 0 Å². The predicted octanol–water partition coefficient (Wildman–Crippen LogP) is 4.76. The maximum absolute atomic E-state index is 9.19. The predicted molar refractivity (Wildman–Crippen MR) is 113 cm³/mol. The van der Waals surface area contributed by atoms with Crippen molar-refractivity contribution in [2.24, 2.45) is 11.8 Å². The van der Waals surface area contributed by atoms with Crippen LogP contribution in [0.15, 0.2) is 48.5 Å². The molecular weight excluding hydrogens is 346 g/mol. The molecule has 4 heteroatoms. The smallest absolute Gasteiger partial charge is 0.122 e. The maximum atomic E-state index is 9.19. The van der Waals surface area contributed by atoms with Crippen LogP contribution in [0.3, 0.4) is 0 Å². The van der Waals surface area contributed by atoms with Gasteiger partial charge in [0, 0.05) is 18.4 Å². The highest BCUT2D eigenvalue weighted by Gasteiger charge is 2.32. The van der Waals surface area contributed by atoms with Crippen LogP contribution in [0.4, 0.5) is 0 Å². The zero-order valence-electron chi connectivity index (χ0n) is 17.2. The first-order valence-electron chi connectivity index (χ1n) is 10.1. The van der Waals surface area contributed by atoms with Crippen LogP contribution >= 0.6 is 0 Å². The molecule has 0 radical (unpaired) electrons. The van der Waals surface area contributed by atoms with E-state index in [2.05, 4.69) is 56.3 Å². The number of hydrogen-bond acceptors (Lipinski definition) is 4. The number of benzene rings is 2. The Labute approximate surface area is 168 Å². The van der Waals surface area contributed by atoms with E-state index in [1.807, 2.05) is 17.1 Å². The summed E-state index contributed by atoms with van der Waals surface area (Å²) in [6.07, 6.45) is 3.65. The average Bonchev–Trinajstić information content (AvgIpc) is 2.69. The SMILES string of the molecule is COc1ccc(C(C)(C)CC#N)cc1C[C@@H]1CCCN(N)[C@@H]1c1ccccc1. The lowest BCUT2D eigenvalue weighted by Crippen LogP contribution is -2.44. The van der Waals surface area contributed by atoms with Crippen molar-refractivity contribution in [2.75, 3.05) is 13.7 Å². The van der Waals surface area contributed by atoms with Crippen LogP contribution in [0.2, 0.25) is 0 Å². The number of rotatable bonds is 6. The Morgan fingerprint density at radius 1 is 1.21 bits per heavy atom. The molecule has 4 nitrogen and oxygen atoms in total. The molecule has 0 aliphatic carbocycles. The van der Waals surface area contributed by atoms with Crippen molar-refractivity contribution >= 4 is 0 Å². The summed E-state index contributed by atoms with van der Waals surface area (Å²) < 4.78 is 5.67. The molecule has 28 heavy (non-hydrogen) atoms. The standard InChI is InChI=1S/C24H31N3O/c1-24(2,13-14-25)21-11-12-22(28-3)20(17-21)16-19-10-7-15-27(26)23(19)18-8-5-4-6-9-18/h4-6,8-9,11-12,17,19,23H,7,10,13,15-16,26H2,1-3H3/t19-,23+/m0/s1. The highest BCUT2D eigenvalue weighted by Crippen LogP contribution is 2.39. The number of methoxy groups -OCH3 is 1. The Bertz CT molecular complexity index is 825. The molecule has 2 aromatic carbocycles. The minimum Gasteiger partial charge on any atom is -0.496 e. The van der Waals surface area contributed by atoms with Gasteiger partial charge in [0.1, 0.15) is 5.75 Å². The summed E-state index contributed by atoms with van der Waals surface area (Å²) >= 11 is 0. The molecule has 148 valence electrons. The van der Waals surface area contributed by atoms with Gasteiger partial charge in [-0.05, 0) is 47.9 Å². The largest absolute Gasteiger partial charge is 0.496 e. The van der Waals surface area contributed by atoms with Gasteiger partial charge in [-0.2, -0.15) is 5.26 Å². The fraction of sp³-hybridized carbons (Fsp3) is 0.458. The molecule has 2 N–H and O–H groups in total. The summed E-state index contributed by atoms with van der Waals surface area (Å²) in [5, 5.41) is 11.2. The first-order chi connectivity index (χ1) is 13.5. The number of hydrazine groups is 1. The highest BCUT2D eigenvalue weighted by molar-refractivity contribution is 5.41. The van der Waals surface area contributed by atoms with Crippen molar-refractivity contribution < 1.29 is 4.74 Å². The lowest BCUT2D eigenvalue weighted by atomic mass is 9.78. The topological polar surface area (TPSA) is 62.3 Å². The van der Waals surface area contributed by atoms with Gasteiger partial charge in [0.2, 0.25) is 0 Å². The van der Waals surface area contributed by atoms with Crippen LogP contribution in [0.5, 0.6) is 5.75 Å². The van der Waals surface area contributed by atoms with Crippen LogP contribution in [0, 0.1) is 17.2 Å². The zero-order valence-corrected chi connectivity index (χ0v) is 17.2. The molecule has 1 fully saturated rings. The van der Waals surface area contributed by atoms with Gasteiger partial charge >= 0.3 is 0 Å². The Hall–Kier alpha value is -2.35. The molecule has 2 aromatic rings. The third kappa shape index (κ3) is 4.38. The molecule has 1 heterocycles. The molecular formula is C24H31N3O. The molecule has 3 rings (SSSR count). The molecule has 2 atom stereocenters. The van der Waals surface area contributed by atoms with Crippen molar-refractivity contribution in [1.29, 1.82) is 5.26 Å². The van der Waals surface area contributed by atoms with Crippen molar-refractivity contribution in [2.45, 2.75) is 51.0 Å². The van der Waals surface area contributed by atoms with Gasteiger partial charge in [0.25, 0.3) is 0 Å². The summed E-state index contributed by atoms with van der Waals surface area (Å²) in [5.74, 6) is 7.77. The summed E-state index contributed by atoms with van der Waals surface area (Å²) in [6, 6.07) is 19.4.